The Kier molecular flexibility index (Phi) is 3.21. The van der Waals surface area contributed by atoms with Crippen molar-refractivity contribution in [2.45, 2.75) is 26.7 Å². The number of rotatable bonds is 2. The minimum absolute atomic E-state index is 0.0683. The maximum Gasteiger partial charge on any atom is 0.0505 e. The van der Waals surface area contributed by atoms with E-state index in [2.05, 4.69) is 63.2 Å². The van der Waals surface area contributed by atoms with E-state index < -0.39 is 0 Å². The summed E-state index contributed by atoms with van der Waals surface area (Å²) in [5.41, 5.74) is 1.32. The van der Waals surface area contributed by atoms with Gasteiger partial charge in [0.15, 0.2) is 0 Å². The summed E-state index contributed by atoms with van der Waals surface area (Å²) in [5.74, 6) is 0.175. The number of benzene rings is 2. The van der Waals surface area contributed by atoms with Crippen LogP contribution in [0.5, 0.6) is 0 Å². The predicted molar refractivity (Wildman–Crippen MR) is 73.2 cm³/mol. The maximum atomic E-state index is 9.67. The Labute approximate surface area is 103 Å². The van der Waals surface area contributed by atoms with Crippen molar-refractivity contribution in [3.63, 3.8) is 0 Å². The molecular weight excluding hydrogens is 208 g/mol. The van der Waals surface area contributed by atoms with Crippen molar-refractivity contribution in [1.82, 2.24) is 0 Å². The average molecular weight is 228 g/mol. The molecule has 1 heteroatoms. The molecule has 0 aliphatic carbocycles. The second-order valence-electron chi connectivity index (χ2n) is 5.67. The number of hydrogen-bond acceptors (Lipinski definition) is 1. The molecule has 0 saturated heterocycles. The minimum Gasteiger partial charge on any atom is -0.396 e. The third kappa shape index (κ3) is 2.34. The molecule has 17 heavy (non-hydrogen) atoms. The molecule has 0 saturated carbocycles. The van der Waals surface area contributed by atoms with Crippen LogP contribution in [0.3, 0.4) is 0 Å². The van der Waals surface area contributed by atoms with E-state index in [4.69, 9.17) is 0 Å². The molecule has 90 valence electrons. The third-order valence-corrected chi connectivity index (χ3v) is 3.43. The lowest BCUT2D eigenvalue weighted by molar-refractivity contribution is 0.187. The van der Waals surface area contributed by atoms with E-state index in [9.17, 15) is 5.11 Å². The molecule has 0 fully saturated rings. The molecule has 0 heterocycles. The van der Waals surface area contributed by atoms with Gasteiger partial charge in [-0.25, -0.2) is 0 Å². The molecule has 0 bridgehead atoms. The minimum atomic E-state index is 0.0683. The summed E-state index contributed by atoms with van der Waals surface area (Å²) in [7, 11) is 0. The fraction of sp³-hybridized carbons (Fsp3) is 0.375. The summed E-state index contributed by atoms with van der Waals surface area (Å²) < 4.78 is 0. The highest BCUT2D eigenvalue weighted by molar-refractivity contribution is 5.86. The van der Waals surface area contributed by atoms with Gasteiger partial charge in [0.1, 0.15) is 0 Å². The SMILES string of the molecule is CC(C)(C)C(CO)c1cccc2ccccc12. The van der Waals surface area contributed by atoms with Gasteiger partial charge in [0.2, 0.25) is 0 Å². The van der Waals surface area contributed by atoms with Gasteiger partial charge >= 0.3 is 0 Å². The topological polar surface area (TPSA) is 20.2 Å². The summed E-state index contributed by atoms with van der Waals surface area (Å²) >= 11 is 0. The molecule has 2 aromatic rings. The monoisotopic (exact) mass is 228 g/mol. The normalized spacial score (nSPS) is 13.9. The van der Waals surface area contributed by atoms with E-state index in [1.807, 2.05) is 0 Å². The molecule has 0 radical (unpaired) electrons. The Bertz CT molecular complexity index is 503. The van der Waals surface area contributed by atoms with Gasteiger partial charge in [0.05, 0.1) is 6.61 Å². The number of aliphatic hydroxyl groups is 1. The van der Waals surface area contributed by atoms with Crippen LogP contribution in [0.15, 0.2) is 42.5 Å². The first-order chi connectivity index (χ1) is 8.04. The molecule has 0 aromatic heterocycles. The largest absolute Gasteiger partial charge is 0.396 e. The number of fused-ring (bicyclic) bond motifs is 1. The fourth-order valence-electron chi connectivity index (χ4n) is 2.39. The van der Waals surface area contributed by atoms with E-state index in [0.717, 1.165) is 0 Å². The molecule has 1 unspecified atom stereocenters. The van der Waals surface area contributed by atoms with Crippen LogP contribution >= 0.6 is 0 Å². The van der Waals surface area contributed by atoms with Crippen LogP contribution in [0, 0.1) is 5.41 Å². The molecule has 0 aliphatic heterocycles. The molecule has 2 rings (SSSR count). The Hall–Kier alpha value is -1.34. The highest BCUT2D eigenvalue weighted by Crippen LogP contribution is 2.37. The van der Waals surface area contributed by atoms with E-state index in [1.54, 1.807) is 0 Å². The highest BCUT2D eigenvalue weighted by Gasteiger charge is 2.26. The first-order valence-corrected chi connectivity index (χ1v) is 6.12. The van der Waals surface area contributed by atoms with E-state index in [1.165, 1.54) is 16.3 Å². The predicted octanol–water partition coefficient (Wildman–Crippen LogP) is 3.96. The molecular formula is C16H20O. The first-order valence-electron chi connectivity index (χ1n) is 6.12. The summed E-state index contributed by atoms with van der Waals surface area (Å²) in [6, 6.07) is 14.7. The lowest BCUT2D eigenvalue weighted by Gasteiger charge is -2.30. The van der Waals surface area contributed by atoms with Gasteiger partial charge in [0.25, 0.3) is 0 Å². The van der Waals surface area contributed by atoms with Crippen LogP contribution in [-0.4, -0.2) is 11.7 Å². The highest BCUT2D eigenvalue weighted by atomic mass is 16.3. The fourth-order valence-corrected chi connectivity index (χ4v) is 2.39. The lowest BCUT2D eigenvalue weighted by atomic mass is 9.75. The molecule has 1 atom stereocenters. The van der Waals surface area contributed by atoms with Gasteiger partial charge in [-0.3, -0.25) is 0 Å². The van der Waals surface area contributed by atoms with Crippen molar-refractivity contribution in [2.75, 3.05) is 6.61 Å². The zero-order valence-electron chi connectivity index (χ0n) is 10.8. The summed E-state index contributed by atoms with van der Waals surface area (Å²) in [4.78, 5) is 0. The van der Waals surface area contributed by atoms with Crippen LogP contribution in [0.25, 0.3) is 10.8 Å². The van der Waals surface area contributed by atoms with Crippen LogP contribution in [0.1, 0.15) is 32.3 Å². The zero-order valence-corrected chi connectivity index (χ0v) is 10.8. The molecule has 0 aliphatic rings. The van der Waals surface area contributed by atoms with E-state index in [0.29, 0.717) is 0 Å². The maximum absolute atomic E-state index is 9.67. The van der Waals surface area contributed by atoms with Gasteiger partial charge in [-0.2, -0.15) is 0 Å². The van der Waals surface area contributed by atoms with Crippen LogP contribution in [-0.2, 0) is 0 Å². The van der Waals surface area contributed by atoms with E-state index >= 15 is 0 Å². The zero-order chi connectivity index (χ0) is 12.5. The van der Waals surface area contributed by atoms with E-state index in [-0.39, 0.29) is 17.9 Å². The second kappa shape index (κ2) is 4.50. The molecule has 1 N–H and O–H groups in total. The standard InChI is InChI=1S/C16H20O/c1-16(2,3)15(11-17)14-10-6-8-12-7-4-5-9-13(12)14/h4-10,15,17H,11H2,1-3H3. The Morgan fingerprint density at radius 1 is 1.00 bits per heavy atom. The van der Waals surface area contributed by atoms with Gasteiger partial charge in [-0.05, 0) is 21.8 Å². The van der Waals surface area contributed by atoms with Gasteiger partial charge in [-0.1, -0.05) is 63.2 Å². The van der Waals surface area contributed by atoms with Crippen LogP contribution in [0.2, 0.25) is 0 Å². The van der Waals surface area contributed by atoms with Crippen molar-refractivity contribution in [2.24, 2.45) is 5.41 Å². The van der Waals surface area contributed by atoms with Crippen molar-refractivity contribution in [3.8, 4) is 0 Å². The molecule has 0 amide bonds. The number of aliphatic hydroxyl groups excluding tert-OH is 1. The molecule has 1 nitrogen and oxygen atoms in total. The lowest BCUT2D eigenvalue weighted by Crippen LogP contribution is -2.22. The van der Waals surface area contributed by atoms with Crippen molar-refractivity contribution >= 4 is 10.8 Å². The van der Waals surface area contributed by atoms with Crippen LogP contribution in [0.4, 0.5) is 0 Å². The van der Waals surface area contributed by atoms with Crippen molar-refractivity contribution < 1.29 is 5.11 Å². The molecule has 0 spiro atoms. The van der Waals surface area contributed by atoms with Gasteiger partial charge in [0, 0.05) is 5.92 Å². The smallest absolute Gasteiger partial charge is 0.0505 e. The summed E-state index contributed by atoms with van der Waals surface area (Å²) in [6.07, 6.45) is 0. The summed E-state index contributed by atoms with van der Waals surface area (Å²) in [5, 5.41) is 12.2. The van der Waals surface area contributed by atoms with Gasteiger partial charge in [-0.15, -0.1) is 0 Å². The average Bonchev–Trinajstić information content (AvgIpc) is 2.28. The first kappa shape index (κ1) is 12.1. The van der Waals surface area contributed by atoms with Crippen molar-refractivity contribution in [1.29, 1.82) is 0 Å². The molecule has 2 aromatic carbocycles. The third-order valence-electron chi connectivity index (χ3n) is 3.43. The Balaban J connectivity index is 2.62. The summed E-state index contributed by atoms with van der Waals surface area (Å²) in [6.45, 7) is 6.72. The number of hydrogen-bond donors (Lipinski definition) is 1. The van der Waals surface area contributed by atoms with Crippen molar-refractivity contribution in [3.05, 3.63) is 48.0 Å². The Morgan fingerprint density at radius 3 is 2.29 bits per heavy atom. The second-order valence-corrected chi connectivity index (χ2v) is 5.67. The quantitative estimate of drug-likeness (QED) is 0.824. The van der Waals surface area contributed by atoms with Gasteiger partial charge < -0.3 is 5.11 Å². The van der Waals surface area contributed by atoms with Crippen LogP contribution < -0.4 is 0 Å². The Morgan fingerprint density at radius 2 is 1.65 bits per heavy atom.